The van der Waals surface area contributed by atoms with E-state index in [1.165, 1.54) is 0 Å². The highest BCUT2D eigenvalue weighted by Crippen LogP contribution is 2.52. The van der Waals surface area contributed by atoms with Crippen molar-refractivity contribution in [2.45, 2.75) is 1.05 Å². The summed E-state index contributed by atoms with van der Waals surface area (Å²) in [7, 11) is 0. The molecule has 0 atom stereocenters. The van der Waals surface area contributed by atoms with Gasteiger partial charge in [0.2, 0.25) is 0 Å². The Morgan fingerprint density at radius 3 is 1.00 bits per heavy atom. The average Bonchev–Trinajstić information content (AvgIpc) is 1.25. The van der Waals surface area contributed by atoms with Crippen molar-refractivity contribution < 1.29 is 5.11 Å². The van der Waals surface area contributed by atoms with Gasteiger partial charge >= 0.3 is 0 Å². The molecule has 0 rings (SSSR count). The van der Waals surface area contributed by atoms with Crippen molar-refractivity contribution in [3.8, 4) is 0 Å². The van der Waals surface area contributed by atoms with E-state index in [-0.39, 0.29) is -0.565 Å². The summed E-state index contributed by atoms with van der Waals surface area (Å²) in [5.41, 5.74) is 0. The van der Waals surface area contributed by atoms with Gasteiger partial charge in [-0.05, 0) is 45.2 Å². The third-order valence-corrected chi connectivity index (χ3v) is 10.5. The molecule has 0 aliphatic rings. The molecule has 0 saturated heterocycles. The van der Waals surface area contributed by atoms with E-state index in [2.05, 4.69) is 67.8 Å². The first-order chi connectivity index (χ1) is 3.25. The summed E-state index contributed by atoms with van der Waals surface area (Å²) < 4.78 is -0.786. The van der Waals surface area contributed by atoms with Crippen LogP contribution in [0.15, 0.2) is 0 Å². The second-order valence-corrected chi connectivity index (χ2v) is 17.3. The van der Waals surface area contributed by atoms with Gasteiger partial charge in [0, 0.05) is 0 Å². The Morgan fingerprint density at radius 2 is 1.00 bits per heavy atom. The van der Waals surface area contributed by atoms with Crippen LogP contribution in [0.4, 0.5) is 0 Å². The van der Waals surface area contributed by atoms with E-state index in [9.17, 15) is 5.11 Å². The summed E-state index contributed by atoms with van der Waals surface area (Å²) >= 11 is 10.6. The molecule has 8 heavy (non-hydrogen) atoms. The van der Waals surface area contributed by atoms with Crippen LogP contribution in [0.5, 0.6) is 0 Å². The highest BCUT2D eigenvalue weighted by atomic mass is 127. The zero-order valence-corrected chi connectivity index (χ0v) is 14.1. The van der Waals surface area contributed by atoms with Gasteiger partial charge in [0.25, 0.3) is 0 Å². The van der Waals surface area contributed by atoms with Gasteiger partial charge < -0.3 is 5.11 Å². The molecule has 0 aliphatic heterocycles. The van der Waals surface area contributed by atoms with E-state index in [1.807, 2.05) is 45.2 Å². The summed E-state index contributed by atoms with van der Waals surface area (Å²) in [6, 6.07) is 0. The Balaban J connectivity index is 4.02. The quantitative estimate of drug-likeness (QED) is 0.334. The van der Waals surface area contributed by atoms with Gasteiger partial charge in [0.15, 0.2) is 1.05 Å². The molecule has 0 aliphatic carbocycles. The molecule has 0 unspecified atom stereocenters. The molecule has 0 heterocycles. The van der Waals surface area contributed by atoms with Crippen LogP contribution in [0.2, 0.25) is 0 Å². The number of rotatable bonds is 1. The summed E-state index contributed by atoms with van der Waals surface area (Å²) in [6.45, 7) is 0. The molecule has 1 N–H and O–H groups in total. The molecule has 0 aromatic rings. The van der Waals surface area contributed by atoms with Crippen molar-refractivity contribution in [2.24, 2.45) is 0 Å². The lowest BCUT2D eigenvalue weighted by molar-refractivity contribution is 0.284. The number of aliphatic hydroxyl groups is 1. The van der Waals surface area contributed by atoms with Gasteiger partial charge in [-0.15, -0.1) is 0 Å². The molecular weight excluding hydrogens is 675 g/mol. The third-order valence-electron chi connectivity index (χ3n) is 0.341. The fraction of sp³-hybridized carbons (Fsp3) is 1.00. The molecule has 0 aromatic heterocycles. The molecule has 0 aromatic carbocycles. The first kappa shape index (κ1) is 11.6. The molecule has 0 bridgehead atoms. The Hall–Kier alpha value is 3.61. The topological polar surface area (TPSA) is 20.2 Å². The van der Waals surface area contributed by atoms with Crippen molar-refractivity contribution in [1.82, 2.24) is 0 Å². The standard InChI is InChI=1S/C2HI5O/c3-1(4,5)2(6,7)8/h8H. The van der Waals surface area contributed by atoms with Gasteiger partial charge in [0.1, 0.15) is 0 Å². The second-order valence-electron chi connectivity index (χ2n) is 1.04. The summed E-state index contributed by atoms with van der Waals surface area (Å²) in [4.78, 5) is 0. The first-order valence-electron chi connectivity index (χ1n) is 1.42. The highest BCUT2D eigenvalue weighted by molar-refractivity contribution is 14.3. The molecule has 0 fully saturated rings. The second kappa shape index (κ2) is 4.02. The number of hydrogen-bond acceptors (Lipinski definition) is 1. The van der Waals surface area contributed by atoms with E-state index in [4.69, 9.17) is 0 Å². The monoisotopic (exact) mass is 676 g/mol. The summed E-state index contributed by atoms with van der Waals surface area (Å²) in [5, 5.41) is 9.30. The summed E-state index contributed by atoms with van der Waals surface area (Å²) in [6.07, 6.45) is 0. The minimum atomic E-state index is -0.663. The van der Waals surface area contributed by atoms with Crippen molar-refractivity contribution in [3.63, 3.8) is 0 Å². The Kier molecular flexibility index (Phi) is 5.84. The smallest absolute Gasteiger partial charge is 0.199 e. The van der Waals surface area contributed by atoms with E-state index >= 15 is 0 Å². The fourth-order valence-electron chi connectivity index (χ4n) is 0. The van der Waals surface area contributed by atoms with Gasteiger partial charge in [-0.2, -0.15) is 0 Å². The maximum atomic E-state index is 9.30. The maximum Gasteiger partial charge on any atom is 0.199 e. The predicted octanol–water partition coefficient (Wildman–Crippen LogP) is 3.46. The van der Waals surface area contributed by atoms with E-state index in [0.717, 1.165) is 0 Å². The molecule has 50 valence electrons. The van der Waals surface area contributed by atoms with Gasteiger partial charge in [-0.3, -0.25) is 0 Å². The molecule has 0 radical (unpaired) electrons. The zero-order chi connectivity index (χ0) is 7.00. The first-order valence-corrected chi connectivity index (χ1v) is 6.81. The van der Waals surface area contributed by atoms with Crippen LogP contribution in [0.3, 0.4) is 0 Å². The van der Waals surface area contributed by atoms with Crippen LogP contribution in [-0.2, 0) is 0 Å². The minimum absolute atomic E-state index is 0.124. The zero-order valence-electron chi connectivity index (χ0n) is 3.34. The molecular formula is C2HI5O. The van der Waals surface area contributed by atoms with Crippen LogP contribution >= 0.6 is 113 Å². The fourth-order valence-corrected chi connectivity index (χ4v) is 0. The Labute approximate surface area is 116 Å². The van der Waals surface area contributed by atoms with E-state index in [1.54, 1.807) is 0 Å². The SMILES string of the molecule is OC(I)(I)C(I)(I)I. The normalized spacial score (nSPS) is 14.2. The van der Waals surface area contributed by atoms with Crippen LogP contribution in [0, 0.1) is 0 Å². The number of halogens is 5. The molecule has 6 heteroatoms. The Morgan fingerprint density at radius 1 is 0.875 bits per heavy atom. The highest BCUT2D eigenvalue weighted by Gasteiger charge is 2.40. The summed E-state index contributed by atoms with van der Waals surface area (Å²) in [5.74, 6) is 0. The van der Waals surface area contributed by atoms with Crippen molar-refractivity contribution in [3.05, 3.63) is 0 Å². The van der Waals surface area contributed by atoms with E-state index in [0.29, 0.717) is 0 Å². The van der Waals surface area contributed by atoms with Gasteiger partial charge in [-0.1, -0.05) is 67.8 Å². The average molecular weight is 676 g/mol. The predicted molar refractivity (Wildman–Crippen MR) is 77.8 cm³/mol. The molecule has 1 nitrogen and oxygen atoms in total. The lowest BCUT2D eigenvalue weighted by Gasteiger charge is -2.23. The van der Waals surface area contributed by atoms with Crippen LogP contribution < -0.4 is 0 Å². The molecule has 0 spiro atoms. The van der Waals surface area contributed by atoms with Gasteiger partial charge in [-0.25, -0.2) is 0 Å². The number of hydrogen-bond donors (Lipinski definition) is 1. The van der Waals surface area contributed by atoms with Crippen LogP contribution in [0.25, 0.3) is 0 Å². The van der Waals surface area contributed by atoms with Crippen molar-refractivity contribution in [2.75, 3.05) is 0 Å². The number of alkyl halides is 5. The van der Waals surface area contributed by atoms with Crippen LogP contribution in [0.1, 0.15) is 0 Å². The lowest BCUT2D eigenvalue weighted by atomic mass is 10.9. The van der Waals surface area contributed by atoms with Crippen molar-refractivity contribution >= 4 is 113 Å². The largest absolute Gasteiger partial charge is 0.368 e. The van der Waals surface area contributed by atoms with Gasteiger partial charge in [0.05, 0.1) is 0 Å². The maximum absolute atomic E-state index is 9.30. The molecule has 0 amide bonds. The molecule has 0 saturated carbocycles. The van der Waals surface area contributed by atoms with Crippen LogP contribution in [-0.4, -0.2) is 6.16 Å². The lowest BCUT2D eigenvalue weighted by Crippen LogP contribution is -2.26. The Bertz CT molecular complexity index is 65.4. The third kappa shape index (κ3) is 4.48. The minimum Gasteiger partial charge on any atom is -0.368 e. The van der Waals surface area contributed by atoms with Crippen molar-refractivity contribution in [1.29, 1.82) is 0 Å². The van der Waals surface area contributed by atoms with E-state index < -0.39 is 1.61 Å².